The summed E-state index contributed by atoms with van der Waals surface area (Å²) in [4.78, 5) is 20.1. The molecule has 0 aromatic rings. The lowest BCUT2D eigenvalue weighted by Crippen LogP contribution is -2.21. The van der Waals surface area contributed by atoms with Crippen molar-refractivity contribution in [3.8, 4) is 0 Å². The fourth-order valence-corrected chi connectivity index (χ4v) is 1.05. The summed E-state index contributed by atoms with van der Waals surface area (Å²) in [6.07, 6.45) is 6.73. The first kappa shape index (κ1) is 12.7. The van der Waals surface area contributed by atoms with Crippen LogP contribution in [0, 0.1) is 0 Å². The van der Waals surface area contributed by atoms with E-state index in [1.165, 1.54) is 12.5 Å². The van der Waals surface area contributed by atoms with E-state index in [9.17, 15) is 9.59 Å². The zero-order valence-electron chi connectivity index (χ0n) is 8.45. The lowest BCUT2D eigenvalue weighted by Gasteiger charge is -1.93. The first-order valence-corrected chi connectivity index (χ1v) is 4.79. The van der Waals surface area contributed by atoms with E-state index < -0.39 is 5.97 Å². The molecule has 2 N–H and O–H groups in total. The van der Waals surface area contributed by atoms with Crippen LogP contribution >= 0.6 is 0 Å². The lowest BCUT2D eigenvalue weighted by atomic mass is 10.2. The van der Waals surface area contributed by atoms with Crippen molar-refractivity contribution in [1.29, 1.82) is 0 Å². The van der Waals surface area contributed by atoms with Gasteiger partial charge in [-0.2, -0.15) is 0 Å². The molecule has 0 radical (unpaired) electrons. The summed E-state index contributed by atoms with van der Waals surface area (Å²) in [6.45, 7) is 2.55. The van der Waals surface area contributed by atoms with Gasteiger partial charge in [0.1, 0.15) is 0 Å². The predicted molar refractivity (Wildman–Crippen MR) is 53.9 cm³/mol. The zero-order valence-corrected chi connectivity index (χ0v) is 8.45. The lowest BCUT2D eigenvalue weighted by molar-refractivity contribution is -0.131. The standard InChI is InChI=1S/C6H11NO.C4H6O2/c8-6-4-2-1-3-5-7-6;1-2-3-4(5)6/h1-5H2,(H,7,8);2-3H,1H3,(H,5,6). The number of carbonyl (C=O) groups is 2. The number of carbonyl (C=O) groups excluding carboxylic acids is 1. The SMILES string of the molecule is CC=CC(=O)O.O=C1CCCCCN1. The molecule has 0 atom stereocenters. The van der Waals surface area contributed by atoms with Gasteiger partial charge in [0.2, 0.25) is 5.91 Å². The molecule has 4 heteroatoms. The maximum absolute atomic E-state index is 10.6. The van der Waals surface area contributed by atoms with E-state index in [4.69, 9.17) is 5.11 Å². The van der Waals surface area contributed by atoms with Crippen LogP contribution in [0.25, 0.3) is 0 Å². The second-order valence-electron chi connectivity index (χ2n) is 3.00. The highest BCUT2D eigenvalue weighted by molar-refractivity contribution is 5.79. The van der Waals surface area contributed by atoms with Crippen molar-refractivity contribution >= 4 is 11.9 Å². The van der Waals surface area contributed by atoms with E-state index in [1.54, 1.807) is 6.92 Å². The number of amides is 1. The molecule has 1 amide bonds. The van der Waals surface area contributed by atoms with Crippen LogP contribution < -0.4 is 5.32 Å². The van der Waals surface area contributed by atoms with Crippen molar-refractivity contribution in [2.75, 3.05) is 6.54 Å². The maximum Gasteiger partial charge on any atom is 0.327 e. The second kappa shape index (κ2) is 8.29. The molecule has 0 bridgehead atoms. The molecule has 1 heterocycles. The van der Waals surface area contributed by atoms with Gasteiger partial charge in [0, 0.05) is 19.0 Å². The molecule has 1 fully saturated rings. The summed E-state index contributed by atoms with van der Waals surface area (Å²) in [5.74, 6) is -0.667. The van der Waals surface area contributed by atoms with Gasteiger partial charge in [0.05, 0.1) is 0 Å². The summed E-state index contributed by atoms with van der Waals surface area (Å²) in [6, 6.07) is 0. The minimum Gasteiger partial charge on any atom is -0.478 e. The van der Waals surface area contributed by atoms with E-state index in [0.29, 0.717) is 0 Å². The molecule has 0 saturated carbocycles. The van der Waals surface area contributed by atoms with Gasteiger partial charge in [-0.05, 0) is 19.8 Å². The Hall–Kier alpha value is -1.32. The Morgan fingerprint density at radius 3 is 2.64 bits per heavy atom. The van der Waals surface area contributed by atoms with Gasteiger partial charge < -0.3 is 10.4 Å². The third kappa shape index (κ3) is 8.77. The number of hydrogen-bond donors (Lipinski definition) is 2. The van der Waals surface area contributed by atoms with Crippen molar-refractivity contribution in [2.45, 2.75) is 32.6 Å². The Balaban J connectivity index is 0.000000255. The molecular weight excluding hydrogens is 182 g/mol. The summed E-state index contributed by atoms with van der Waals surface area (Å²) in [7, 11) is 0. The minimum absolute atomic E-state index is 0.225. The van der Waals surface area contributed by atoms with E-state index in [-0.39, 0.29) is 5.91 Å². The molecule has 0 unspecified atom stereocenters. The number of aliphatic carboxylic acids is 1. The van der Waals surface area contributed by atoms with E-state index in [1.807, 2.05) is 0 Å². The van der Waals surface area contributed by atoms with Crippen LogP contribution in [0.3, 0.4) is 0 Å². The highest BCUT2D eigenvalue weighted by Crippen LogP contribution is 2.02. The average Bonchev–Trinajstić information content (AvgIpc) is 2.33. The summed E-state index contributed by atoms with van der Waals surface area (Å²) < 4.78 is 0. The van der Waals surface area contributed by atoms with Crippen LogP contribution in [0.15, 0.2) is 12.2 Å². The molecule has 0 aliphatic carbocycles. The molecular formula is C10H17NO3. The minimum atomic E-state index is -0.891. The molecule has 80 valence electrons. The van der Waals surface area contributed by atoms with Gasteiger partial charge in [-0.1, -0.05) is 12.5 Å². The Morgan fingerprint density at radius 1 is 1.43 bits per heavy atom. The summed E-state index contributed by atoms with van der Waals surface area (Å²) in [5.41, 5.74) is 0. The molecule has 0 aromatic carbocycles. The third-order valence-corrected chi connectivity index (χ3v) is 1.71. The Labute approximate surface area is 84.0 Å². The number of rotatable bonds is 1. The van der Waals surface area contributed by atoms with Crippen LogP contribution in [0.4, 0.5) is 0 Å². The van der Waals surface area contributed by atoms with Gasteiger partial charge in [-0.3, -0.25) is 4.79 Å². The van der Waals surface area contributed by atoms with Gasteiger partial charge in [0.15, 0.2) is 0 Å². The molecule has 0 aromatic heterocycles. The van der Waals surface area contributed by atoms with Crippen molar-refractivity contribution in [2.24, 2.45) is 0 Å². The summed E-state index contributed by atoms with van der Waals surface area (Å²) >= 11 is 0. The van der Waals surface area contributed by atoms with Crippen LogP contribution in [0.5, 0.6) is 0 Å². The summed E-state index contributed by atoms with van der Waals surface area (Å²) in [5, 5.41) is 10.6. The van der Waals surface area contributed by atoms with Gasteiger partial charge in [-0.25, -0.2) is 4.79 Å². The topological polar surface area (TPSA) is 66.4 Å². The van der Waals surface area contributed by atoms with Crippen LogP contribution in [-0.2, 0) is 9.59 Å². The van der Waals surface area contributed by atoms with Crippen molar-refractivity contribution in [3.05, 3.63) is 12.2 Å². The first-order valence-electron chi connectivity index (χ1n) is 4.79. The zero-order chi connectivity index (χ0) is 10.8. The molecule has 1 aliphatic heterocycles. The predicted octanol–water partition coefficient (Wildman–Crippen LogP) is 1.32. The largest absolute Gasteiger partial charge is 0.478 e. The van der Waals surface area contributed by atoms with Gasteiger partial charge >= 0.3 is 5.97 Å². The van der Waals surface area contributed by atoms with Crippen molar-refractivity contribution < 1.29 is 14.7 Å². The van der Waals surface area contributed by atoms with Crippen LogP contribution in [-0.4, -0.2) is 23.5 Å². The monoisotopic (exact) mass is 199 g/mol. The Kier molecular flexibility index (Phi) is 7.50. The molecule has 4 nitrogen and oxygen atoms in total. The van der Waals surface area contributed by atoms with E-state index in [2.05, 4.69) is 5.32 Å². The highest BCUT2D eigenvalue weighted by Gasteiger charge is 2.03. The maximum atomic E-state index is 10.6. The smallest absolute Gasteiger partial charge is 0.327 e. The van der Waals surface area contributed by atoms with Gasteiger partial charge in [0.25, 0.3) is 0 Å². The molecule has 1 aliphatic rings. The molecule has 1 rings (SSSR count). The van der Waals surface area contributed by atoms with Crippen LogP contribution in [0.1, 0.15) is 32.6 Å². The average molecular weight is 199 g/mol. The number of nitrogens with one attached hydrogen (secondary N) is 1. The van der Waals surface area contributed by atoms with Gasteiger partial charge in [-0.15, -0.1) is 0 Å². The van der Waals surface area contributed by atoms with Crippen molar-refractivity contribution in [1.82, 2.24) is 5.32 Å². The Bertz CT molecular complexity index is 201. The van der Waals surface area contributed by atoms with Crippen molar-refractivity contribution in [3.63, 3.8) is 0 Å². The second-order valence-corrected chi connectivity index (χ2v) is 3.00. The normalized spacial score (nSPS) is 16.5. The fourth-order valence-electron chi connectivity index (χ4n) is 1.05. The fraction of sp³-hybridized carbons (Fsp3) is 0.600. The number of allylic oxidation sites excluding steroid dienone is 1. The third-order valence-electron chi connectivity index (χ3n) is 1.71. The molecule has 1 saturated heterocycles. The van der Waals surface area contributed by atoms with E-state index >= 15 is 0 Å². The number of carboxylic acid groups (broad SMARTS) is 1. The van der Waals surface area contributed by atoms with Crippen LogP contribution in [0.2, 0.25) is 0 Å². The molecule has 0 spiro atoms. The highest BCUT2D eigenvalue weighted by atomic mass is 16.4. The molecule has 14 heavy (non-hydrogen) atoms. The quantitative estimate of drug-likeness (QED) is 0.626. The number of hydrogen-bond acceptors (Lipinski definition) is 2. The first-order chi connectivity index (χ1) is 6.66. The Morgan fingerprint density at radius 2 is 2.14 bits per heavy atom. The van der Waals surface area contributed by atoms with E-state index in [0.717, 1.165) is 31.9 Å². The number of carboxylic acids is 1.